The number of fused-ring (bicyclic) bond motifs is 1. The number of pyridine rings is 1. The third-order valence-electron chi connectivity index (χ3n) is 1.90. The van der Waals surface area contributed by atoms with Gasteiger partial charge in [0.2, 0.25) is 0 Å². The molecule has 13 heavy (non-hydrogen) atoms. The van der Waals surface area contributed by atoms with E-state index in [-0.39, 0.29) is 11.5 Å². The van der Waals surface area contributed by atoms with Crippen LogP contribution in [0.2, 0.25) is 0 Å². The number of hydrogen-bond donors (Lipinski definition) is 2. The summed E-state index contributed by atoms with van der Waals surface area (Å²) in [4.78, 5) is 4.08. The van der Waals surface area contributed by atoms with Gasteiger partial charge in [-0.1, -0.05) is 0 Å². The Hall–Kier alpha value is -1.77. The van der Waals surface area contributed by atoms with Crippen LogP contribution in [0.25, 0.3) is 10.9 Å². The van der Waals surface area contributed by atoms with Gasteiger partial charge in [-0.05, 0) is 18.6 Å². The predicted molar refractivity (Wildman–Crippen MR) is 49.8 cm³/mol. The van der Waals surface area contributed by atoms with Crippen LogP contribution in [-0.2, 0) is 0 Å². The van der Waals surface area contributed by atoms with E-state index in [0.717, 1.165) is 5.56 Å². The summed E-state index contributed by atoms with van der Waals surface area (Å²) in [6, 6.07) is 4.66. The summed E-state index contributed by atoms with van der Waals surface area (Å²) < 4.78 is 0. The van der Waals surface area contributed by atoms with E-state index < -0.39 is 0 Å². The van der Waals surface area contributed by atoms with Crippen LogP contribution in [0.1, 0.15) is 5.56 Å². The van der Waals surface area contributed by atoms with E-state index in [1.807, 2.05) is 13.0 Å². The van der Waals surface area contributed by atoms with Crippen molar-refractivity contribution >= 4 is 10.9 Å². The average molecular weight is 175 g/mol. The van der Waals surface area contributed by atoms with Crippen LogP contribution in [0.5, 0.6) is 11.5 Å². The molecule has 0 spiro atoms. The molecule has 0 amide bonds. The molecule has 3 heteroatoms. The highest BCUT2D eigenvalue weighted by atomic mass is 16.3. The Balaban J connectivity index is 2.87. The number of aromatic hydroxyl groups is 2. The molecule has 1 aromatic heterocycles. The van der Waals surface area contributed by atoms with E-state index >= 15 is 0 Å². The molecule has 0 aliphatic rings. The Morgan fingerprint density at radius 3 is 2.69 bits per heavy atom. The summed E-state index contributed by atoms with van der Waals surface area (Å²) in [6.45, 7) is 1.90. The van der Waals surface area contributed by atoms with Gasteiger partial charge in [0, 0.05) is 23.7 Å². The number of phenols is 2. The Morgan fingerprint density at radius 1 is 1.15 bits per heavy atom. The van der Waals surface area contributed by atoms with Gasteiger partial charge in [-0.15, -0.1) is 0 Å². The summed E-state index contributed by atoms with van der Waals surface area (Å²) in [7, 11) is 0. The van der Waals surface area contributed by atoms with E-state index in [1.54, 1.807) is 6.20 Å². The lowest BCUT2D eigenvalue weighted by atomic mass is 10.1. The minimum absolute atomic E-state index is 0.0290. The highest BCUT2D eigenvalue weighted by molar-refractivity contribution is 5.86. The third-order valence-corrected chi connectivity index (χ3v) is 1.90. The van der Waals surface area contributed by atoms with E-state index in [4.69, 9.17) is 0 Å². The van der Waals surface area contributed by atoms with Gasteiger partial charge in [0.1, 0.15) is 11.5 Å². The number of hydrogen-bond acceptors (Lipinski definition) is 3. The van der Waals surface area contributed by atoms with Crippen molar-refractivity contribution in [2.75, 3.05) is 0 Å². The van der Waals surface area contributed by atoms with Crippen LogP contribution < -0.4 is 0 Å². The topological polar surface area (TPSA) is 53.4 Å². The van der Waals surface area contributed by atoms with Gasteiger partial charge in [0.05, 0.1) is 5.52 Å². The predicted octanol–water partition coefficient (Wildman–Crippen LogP) is 1.95. The first kappa shape index (κ1) is 7.86. The number of nitrogens with zero attached hydrogens (tertiary/aromatic N) is 1. The summed E-state index contributed by atoms with van der Waals surface area (Å²) in [5.41, 5.74) is 1.58. The fourth-order valence-electron chi connectivity index (χ4n) is 1.30. The average Bonchev–Trinajstić information content (AvgIpc) is 2.06. The maximum Gasteiger partial charge on any atom is 0.128 e. The zero-order valence-electron chi connectivity index (χ0n) is 7.15. The molecule has 1 heterocycles. The van der Waals surface area contributed by atoms with Crippen molar-refractivity contribution < 1.29 is 10.2 Å². The van der Waals surface area contributed by atoms with Crippen LogP contribution in [0.3, 0.4) is 0 Å². The van der Waals surface area contributed by atoms with Crippen molar-refractivity contribution in [3.8, 4) is 11.5 Å². The fourth-order valence-corrected chi connectivity index (χ4v) is 1.30. The lowest BCUT2D eigenvalue weighted by Crippen LogP contribution is -1.81. The summed E-state index contributed by atoms with van der Waals surface area (Å²) in [5, 5.41) is 19.3. The molecule has 0 unspecified atom stereocenters. The molecule has 0 saturated carbocycles. The lowest BCUT2D eigenvalue weighted by Gasteiger charge is -2.02. The minimum Gasteiger partial charge on any atom is -0.508 e. The molecule has 0 aliphatic carbocycles. The standard InChI is InChI=1S/C10H9NO2/c1-6-2-8-9(11-5-6)3-7(12)4-10(8)13/h2-5,12-13H,1H3. The number of aryl methyl sites for hydroxylation is 1. The SMILES string of the molecule is Cc1cnc2cc(O)cc(O)c2c1. The molecule has 0 aliphatic heterocycles. The summed E-state index contributed by atoms with van der Waals surface area (Å²) >= 11 is 0. The Kier molecular flexibility index (Phi) is 1.59. The Labute approximate surface area is 75.3 Å². The van der Waals surface area contributed by atoms with Gasteiger partial charge in [0.15, 0.2) is 0 Å². The molecular weight excluding hydrogens is 166 g/mol. The molecule has 0 saturated heterocycles. The van der Waals surface area contributed by atoms with Gasteiger partial charge in [-0.3, -0.25) is 4.98 Å². The molecule has 0 bridgehead atoms. The third kappa shape index (κ3) is 1.28. The van der Waals surface area contributed by atoms with Gasteiger partial charge < -0.3 is 10.2 Å². The highest BCUT2D eigenvalue weighted by Gasteiger charge is 2.02. The van der Waals surface area contributed by atoms with Gasteiger partial charge in [-0.25, -0.2) is 0 Å². The van der Waals surface area contributed by atoms with Crippen molar-refractivity contribution in [2.24, 2.45) is 0 Å². The molecule has 0 atom stereocenters. The van der Waals surface area contributed by atoms with E-state index in [9.17, 15) is 10.2 Å². The first-order valence-corrected chi connectivity index (χ1v) is 3.95. The first-order chi connectivity index (χ1) is 6.16. The van der Waals surface area contributed by atoms with Crippen LogP contribution in [0.15, 0.2) is 24.4 Å². The summed E-state index contributed by atoms with van der Waals surface area (Å²) in [6.07, 6.45) is 1.70. The number of rotatable bonds is 0. The maximum atomic E-state index is 9.48. The molecule has 0 fully saturated rings. The first-order valence-electron chi connectivity index (χ1n) is 3.95. The zero-order valence-corrected chi connectivity index (χ0v) is 7.15. The van der Waals surface area contributed by atoms with E-state index in [0.29, 0.717) is 10.9 Å². The normalized spacial score (nSPS) is 10.5. The maximum absolute atomic E-state index is 9.48. The molecule has 2 rings (SSSR count). The number of benzene rings is 1. The second-order valence-corrected chi connectivity index (χ2v) is 3.04. The van der Waals surface area contributed by atoms with Crippen LogP contribution in [0, 0.1) is 6.92 Å². The van der Waals surface area contributed by atoms with Gasteiger partial charge in [0.25, 0.3) is 0 Å². The molecule has 2 aromatic rings. The highest BCUT2D eigenvalue weighted by Crippen LogP contribution is 2.28. The van der Waals surface area contributed by atoms with Gasteiger partial charge in [-0.2, -0.15) is 0 Å². The molecule has 3 nitrogen and oxygen atoms in total. The van der Waals surface area contributed by atoms with E-state index in [2.05, 4.69) is 4.98 Å². The number of phenolic OH excluding ortho intramolecular Hbond substituents is 2. The fraction of sp³-hybridized carbons (Fsp3) is 0.100. The van der Waals surface area contributed by atoms with E-state index in [1.165, 1.54) is 12.1 Å². The largest absolute Gasteiger partial charge is 0.508 e. The monoisotopic (exact) mass is 175 g/mol. The zero-order chi connectivity index (χ0) is 9.42. The Morgan fingerprint density at radius 2 is 1.92 bits per heavy atom. The number of aromatic nitrogens is 1. The molecule has 2 N–H and O–H groups in total. The molecule has 1 aromatic carbocycles. The van der Waals surface area contributed by atoms with Gasteiger partial charge >= 0.3 is 0 Å². The Bertz CT molecular complexity index is 466. The molecular formula is C10H9NO2. The van der Waals surface area contributed by atoms with Crippen molar-refractivity contribution in [1.29, 1.82) is 0 Å². The quantitative estimate of drug-likeness (QED) is 0.643. The van der Waals surface area contributed by atoms with Crippen LogP contribution in [-0.4, -0.2) is 15.2 Å². The minimum atomic E-state index is 0.0290. The smallest absolute Gasteiger partial charge is 0.128 e. The van der Waals surface area contributed by atoms with Crippen molar-refractivity contribution in [1.82, 2.24) is 4.98 Å². The lowest BCUT2D eigenvalue weighted by molar-refractivity contribution is 0.455. The van der Waals surface area contributed by atoms with Crippen LogP contribution in [0.4, 0.5) is 0 Å². The van der Waals surface area contributed by atoms with Crippen molar-refractivity contribution in [3.63, 3.8) is 0 Å². The summed E-state index contributed by atoms with van der Waals surface area (Å²) in [5.74, 6) is 0.0903. The van der Waals surface area contributed by atoms with Crippen molar-refractivity contribution in [3.05, 3.63) is 30.0 Å². The second kappa shape index (κ2) is 2.62. The second-order valence-electron chi connectivity index (χ2n) is 3.04. The molecule has 66 valence electrons. The van der Waals surface area contributed by atoms with Crippen LogP contribution >= 0.6 is 0 Å². The molecule has 0 radical (unpaired) electrons. The van der Waals surface area contributed by atoms with Crippen molar-refractivity contribution in [2.45, 2.75) is 6.92 Å².